The van der Waals surface area contributed by atoms with Crippen molar-refractivity contribution in [1.82, 2.24) is 9.88 Å². The molecular weight excluding hydrogens is 216 g/mol. The van der Waals surface area contributed by atoms with Crippen LogP contribution in [0.25, 0.3) is 0 Å². The zero-order valence-corrected chi connectivity index (χ0v) is 10.3. The first-order valence-electron chi connectivity index (χ1n) is 5.99. The third kappa shape index (κ3) is 2.57. The van der Waals surface area contributed by atoms with E-state index in [-0.39, 0.29) is 12.1 Å². The van der Waals surface area contributed by atoms with Crippen LogP contribution in [-0.2, 0) is 4.74 Å². The molecule has 4 heteroatoms. The van der Waals surface area contributed by atoms with Gasteiger partial charge in [0.2, 0.25) is 0 Å². The molecule has 0 aliphatic carbocycles. The minimum absolute atomic E-state index is 0.115. The fraction of sp³-hybridized carbons (Fsp3) is 0.538. The predicted molar refractivity (Wildman–Crippen MR) is 64.7 cm³/mol. The first-order valence-corrected chi connectivity index (χ1v) is 5.99. The van der Waals surface area contributed by atoms with E-state index in [1.165, 1.54) is 7.11 Å². The van der Waals surface area contributed by atoms with E-state index in [4.69, 9.17) is 4.74 Å². The van der Waals surface area contributed by atoms with Gasteiger partial charge in [0.15, 0.2) is 0 Å². The normalized spacial score (nSPS) is 20.1. The molecule has 1 atom stereocenters. The van der Waals surface area contributed by atoms with E-state index in [0.717, 1.165) is 37.1 Å². The number of aromatic nitrogens is 1. The molecule has 2 rings (SSSR count). The van der Waals surface area contributed by atoms with E-state index < -0.39 is 0 Å². The zero-order chi connectivity index (χ0) is 12.3. The van der Waals surface area contributed by atoms with Gasteiger partial charge in [0, 0.05) is 18.4 Å². The van der Waals surface area contributed by atoms with Crippen molar-refractivity contribution in [1.29, 1.82) is 0 Å². The monoisotopic (exact) mass is 234 g/mol. The number of ether oxygens (including phenoxy) is 1. The van der Waals surface area contributed by atoms with Crippen molar-refractivity contribution in [3.63, 3.8) is 0 Å². The van der Waals surface area contributed by atoms with Gasteiger partial charge in [-0.1, -0.05) is 6.07 Å². The Bertz CT molecular complexity index is 389. The number of hydrogen-bond acceptors (Lipinski definition) is 3. The smallest absolute Gasteiger partial charge is 0.409 e. The Morgan fingerprint density at radius 2 is 2.29 bits per heavy atom. The van der Waals surface area contributed by atoms with Gasteiger partial charge in [-0.2, -0.15) is 0 Å². The molecular formula is C13H18N2O2. The molecule has 1 aromatic heterocycles. The Labute approximate surface area is 102 Å². The van der Waals surface area contributed by atoms with Crippen LogP contribution in [0.5, 0.6) is 0 Å². The van der Waals surface area contributed by atoms with E-state index in [9.17, 15) is 4.79 Å². The lowest BCUT2D eigenvalue weighted by molar-refractivity contribution is 0.0894. The summed E-state index contributed by atoms with van der Waals surface area (Å²) >= 11 is 0. The van der Waals surface area contributed by atoms with Gasteiger partial charge in [-0.3, -0.25) is 4.98 Å². The van der Waals surface area contributed by atoms with Crippen LogP contribution in [0.4, 0.5) is 4.79 Å². The van der Waals surface area contributed by atoms with Crippen LogP contribution in [0, 0.1) is 6.92 Å². The third-order valence-corrected chi connectivity index (χ3v) is 3.23. The van der Waals surface area contributed by atoms with Gasteiger partial charge in [0.05, 0.1) is 13.2 Å². The third-order valence-electron chi connectivity index (χ3n) is 3.23. The molecule has 1 aliphatic heterocycles. The van der Waals surface area contributed by atoms with Gasteiger partial charge >= 0.3 is 6.09 Å². The quantitative estimate of drug-likeness (QED) is 0.750. The minimum atomic E-state index is -0.240. The predicted octanol–water partition coefficient (Wildman–Crippen LogP) is 2.68. The molecule has 17 heavy (non-hydrogen) atoms. The molecule has 1 aliphatic rings. The van der Waals surface area contributed by atoms with Crippen LogP contribution in [0.1, 0.15) is 36.6 Å². The van der Waals surface area contributed by atoms with Crippen LogP contribution in [0.3, 0.4) is 0 Å². The second kappa shape index (κ2) is 5.17. The molecule has 1 unspecified atom stereocenters. The number of carbonyl (C=O) groups is 1. The number of rotatable bonds is 1. The van der Waals surface area contributed by atoms with Gasteiger partial charge < -0.3 is 9.64 Å². The summed E-state index contributed by atoms with van der Waals surface area (Å²) in [5.74, 6) is 0. The van der Waals surface area contributed by atoms with Crippen molar-refractivity contribution < 1.29 is 9.53 Å². The highest BCUT2D eigenvalue weighted by Gasteiger charge is 2.28. The van der Waals surface area contributed by atoms with Crippen molar-refractivity contribution in [3.8, 4) is 0 Å². The number of pyridine rings is 1. The van der Waals surface area contributed by atoms with E-state index in [0.29, 0.717) is 0 Å². The summed E-state index contributed by atoms with van der Waals surface area (Å²) in [4.78, 5) is 17.8. The highest BCUT2D eigenvalue weighted by molar-refractivity contribution is 5.68. The summed E-state index contributed by atoms with van der Waals surface area (Å²) in [5.41, 5.74) is 2.09. The molecule has 92 valence electrons. The summed E-state index contributed by atoms with van der Waals surface area (Å²) in [6, 6.07) is 4.15. The minimum Gasteiger partial charge on any atom is -0.453 e. The standard InChI is InChI=1S/C13H18N2O2/c1-10-6-7-11(9-14-10)12-5-3-4-8-15(12)13(16)17-2/h6-7,9,12H,3-5,8H2,1-2H3. The van der Waals surface area contributed by atoms with Gasteiger partial charge in [0.1, 0.15) is 0 Å². The molecule has 1 saturated heterocycles. The van der Waals surface area contributed by atoms with Crippen molar-refractivity contribution >= 4 is 6.09 Å². The maximum Gasteiger partial charge on any atom is 0.409 e. The Balaban J connectivity index is 2.21. The molecule has 0 bridgehead atoms. The average Bonchev–Trinajstić information content (AvgIpc) is 2.39. The maximum absolute atomic E-state index is 11.7. The van der Waals surface area contributed by atoms with Crippen molar-refractivity contribution in [3.05, 3.63) is 29.6 Å². The van der Waals surface area contributed by atoms with Gasteiger partial charge in [0.25, 0.3) is 0 Å². The van der Waals surface area contributed by atoms with Gasteiger partial charge in [-0.25, -0.2) is 4.79 Å². The van der Waals surface area contributed by atoms with E-state index in [1.54, 1.807) is 4.90 Å². The Morgan fingerprint density at radius 1 is 1.47 bits per heavy atom. The Hall–Kier alpha value is -1.58. The van der Waals surface area contributed by atoms with E-state index >= 15 is 0 Å². The Morgan fingerprint density at radius 3 is 2.94 bits per heavy atom. The second-order valence-corrected chi connectivity index (χ2v) is 4.41. The molecule has 0 radical (unpaired) electrons. The summed E-state index contributed by atoms with van der Waals surface area (Å²) in [7, 11) is 1.43. The number of amides is 1. The van der Waals surface area contributed by atoms with Crippen LogP contribution in [-0.4, -0.2) is 29.6 Å². The number of hydrogen-bond donors (Lipinski definition) is 0. The number of carbonyl (C=O) groups excluding carboxylic acids is 1. The summed E-state index contributed by atoms with van der Waals surface area (Å²) in [6.07, 6.45) is 4.80. The molecule has 1 aromatic rings. The lowest BCUT2D eigenvalue weighted by Crippen LogP contribution is -2.38. The molecule has 2 heterocycles. The van der Waals surface area contributed by atoms with Gasteiger partial charge in [-0.05, 0) is 37.8 Å². The fourth-order valence-corrected chi connectivity index (χ4v) is 2.29. The number of methoxy groups -OCH3 is 1. The first-order chi connectivity index (χ1) is 8.22. The first kappa shape index (κ1) is 11.9. The summed E-state index contributed by atoms with van der Waals surface area (Å²) < 4.78 is 4.83. The number of aryl methyl sites for hydroxylation is 1. The van der Waals surface area contributed by atoms with Crippen LogP contribution in [0.2, 0.25) is 0 Å². The lowest BCUT2D eigenvalue weighted by atomic mass is 9.97. The lowest BCUT2D eigenvalue weighted by Gasteiger charge is -2.34. The number of piperidine rings is 1. The number of likely N-dealkylation sites (tertiary alicyclic amines) is 1. The second-order valence-electron chi connectivity index (χ2n) is 4.41. The summed E-state index contributed by atoms with van der Waals surface area (Å²) in [6.45, 7) is 2.73. The highest BCUT2D eigenvalue weighted by atomic mass is 16.5. The van der Waals surface area contributed by atoms with Crippen LogP contribution < -0.4 is 0 Å². The zero-order valence-electron chi connectivity index (χ0n) is 10.3. The molecule has 0 saturated carbocycles. The van der Waals surface area contributed by atoms with Crippen molar-refractivity contribution in [2.75, 3.05) is 13.7 Å². The molecule has 1 fully saturated rings. The van der Waals surface area contributed by atoms with Crippen LogP contribution in [0.15, 0.2) is 18.3 Å². The Kier molecular flexibility index (Phi) is 3.61. The van der Waals surface area contributed by atoms with Crippen molar-refractivity contribution in [2.24, 2.45) is 0 Å². The maximum atomic E-state index is 11.7. The molecule has 0 aromatic carbocycles. The SMILES string of the molecule is COC(=O)N1CCCCC1c1ccc(C)nc1. The van der Waals surface area contributed by atoms with Gasteiger partial charge in [-0.15, -0.1) is 0 Å². The number of nitrogens with zero attached hydrogens (tertiary/aromatic N) is 2. The van der Waals surface area contributed by atoms with E-state index in [2.05, 4.69) is 4.98 Å². The molecule has 1 amide bonds. The average molecular weight is 234 g/mol. The van der Waals surface area contributed by atoms with E-state index in [1.807, 2.05) is 25.3 Å². The fourth-order valence-electron chi connectivity index (χ4n) is 2.29. The topological polar surface area (TPSA) is 42.4 Å². The molecule has 4 nitrogen and oxygen atoms in total. The summed E-state index contributed by atoms with van der Waals surface area (Å²) in [5, 5.41) is 0. The van der Waals surface area contributed by atoms with Crippen molar-refractivity contribution in [2.45, 2.75) is 32.2 Å². The highest BCUT2D eigenvalue weighted by Crippen LogP contribution is 2.30. The molecule has 0 N–H and O–H groups in total. The van der Waals surface area contributed by atoms with Crippen LogP contribution >= 0.6 is 0 Å². The largest absolute Gasteiger partial charge is 0.453 e. The molecule has 0 spiro atoms.